The van der Waals surface area contributed by atoms with Crippen molar-refractivity contribution < 1.29 is 13.9 Å². The summed E-state index contributed by atoms with van der Waals surface area (Å²) in [5.74, 6) is -0.171. The van der Waals surface area contributed by atoms with E-state index >= 15 is 0 Å². The van der Waals surface area contributed by atoms with Gasteiger partial charge >= 0.3 is 0 Å². The third kappa shape index (κ3) is 3.18. The molecule has 0 saturated heterocycles. The van der Waals surface area contributed by atoms with Crippen molar-refractivity contribution in [3.63, 3.8) is 0 Å². The van der Waals surface area contributed by atoms with Crippen molar-refractivity contribution in [2.24, 2.45) is 5.73 Å². The summed E-state index contributed by atoms with van der Waals surface area (Å²) in [7, 11) is 1.43. The summed E-state index contributed by atoms with van der Waals surface area (Å²) in [5, 5.41) is 0. The van der Waals surface area contributed by atoms with Crippen molar-refractivity contribution in [2.75, 3.05) is 13.7 Å². The lowest BCUT2D eigenvalue weighted by atomic mass is 10.1. The summed E-state index contributed by atoms with van der Waals surface area (Å²) in [5.41, 5.74) is 6.33. The van der Waals surface area contributed by atoms with Gasteiger partial charge < -0.3 is 15.2 Å². The first-order valence-electron chi connectivity index (χ1n) is 5.27. The van der Waals surface area contributed by atoms with Crippen LogP contribution in [-0.2, 0) is 4.74 Å². The van der Waals surface area contributed by atoms with Crippen molar-refractivity contribution in [3.8, 4) is 5.75 Å². The summed E-state index contributed by atoms with van der Waals surface area (Å²) in [6, 6.07) is 4.75. The van der Waals surface area contributed by atoms with E-state index in [4.69, 9.17) is 15.2 Å². The van der Waals surface area contributed by atoms with Gasteiger partial charge in [-0.15, -0.1) is 0 Å². The molecular weight excluding hydrogens is 209 g/mol. The fourth-order valence-corrected chi connectivity index (χ4v) is 1.48. The number of halogens is 1. The van der Waals surface area contributed by atoms with Crippen LogP contribution < -0.4 is 10.5 Å². The molecule has 0 aliphatic heterocycles. The van der Waals surface area contributed by atoms with Gasteiger partial charge in [0.2, 0.25) is 0 Å². The summed E-state index contributed by atoms with van der Waals surface area (Å²) in [4.78, 5) is 0. The number of benzene rings is 1. The summed E-state index contributed by atoms with van der Waals surface area (Å²) in [6.07, 6.45) is -0.223. The Morgan fingerprint density at radius 3 is 2.50 bits per heavy atom. The quantitative estimate of drug-likeness (QED) is 0.839. The van der Waals surface area contributed by atoms with Gasteiger partial charge in [-0.2, -0.15) is 0 Å². The van der Waals surface area contributed by atoms with Crippen LogP contribution in [0.1, 0.15) is 25.5 Å². The Balaban J connectivity index is 2.89. The molecular formula is C12H18FNO2. The molecule has 3 nitrogen and oxygen atoms in total. The molecule has 1 atom stereocenters. The van der Waals surface area contributed by atoms with E-state index in [1.807, 2.05) is 13.8 Å². The number of ether oxygens (including phenoxy) is 2. The summed E-state index contributed by atoms with van der Waals surface area (Å²) < 4.78 is 23.9. The average Bonchev–Trinajstić information content (AvgIpc) is 2.25. The van der Waals surface area contributed by atoms with Crippen LogP contribution in [-0.4, -0.2) is 19.8 Å². The third-order valence-corrected chi connectivity index (χ3v) is 2.20. The monoisotopic (exact) mass is 227 g/mol. The first kappa shape index (κ1) is 12.9. The summed E-state index contributed by atoms with van der Waals surface area (Å²) >= 11 is 0. The lowest BCUT2D eigenvalue weighted by molar-refractivity contribution is 0.0118. The molecule has 2 N–H and O–H groups in total. The average molecular weight is 227 g/mol. The molecule has 0 saturated carbocycles. The van der Waals surface area contributed by atoms with E-state index in [0.29, 0.717) is 6.54 Å². The predicted molar refractivity (Wildman–Crippen MR) is 61.0 cm³/mol. The zero-order chi connectivity index (χ0) is 12.1. The van der Waals surface area contributed by atoms with Gasteiger partial charge in [-0.25, -0.2) is 4.39 Å². The van der Waals surface area contributed by atoms with Crippen LogP contribution in [0.25, 0.3) is 0 Å². The minimum atomic E-state index is -0.397. The molecule has 0 unspecified atom stereocenters. The van der Waals surface area contributed by atoms with Gasteiger partial charge in [0.15, 0.2) is 11.6 Å². The second kappa shape index (κ2) is 5.82. The molecule has 4 heteroatoms. The van der Waals surface area contributed by atoms with Crippen LogP contribution in [0, 0.1) is 5.82 Å². The van der Waals surface area contributed by atoms with E-state index in [1.165, 1.54) is 13.2 Å². The van der Waals surface area contributed by atoms with Crippen molar-refractivity contribution in [2.45, 2.75) is 26.1 Å². The SMILES string of the molecule is COc1ccc([C@H](CN)OC(C)C)cc1F. The molecule has 90 valence electrons. The van der Waals surface area contributed by atoms with Crippen LogP contribution in [0.5, 0.6) is 5.75 Å². The third-order valence-electron chi connectivity index (χ3n) is 2.20. The van der Waals surface area contributed by atoms with Gasteiger partial charge in [0, 0.05) is 6.54 Å². The van der Waals surface area contributed by atoms with Gasteiger partial charge in [-0.3, -0.25) is 0 Å². The van der Waals surface area contributed by atoms with Crippen LogP contribution in [0.4, 0.5) is 4.39 Å². The van der Waals surface area contributed by atoms with E-state index < -0.39 is 5.82 Å². The number of hydrogen-bond donors (Lipinski definition) is 1. The predicted octanol–water partition coefficient (Wildman–Crippen LogP) is 2.26. The van der Waals surface area contributed by atoms with E-state index in [1.54, 1.807) is 12.1 Å². The number of hydrogen-bond acceptors (Lipinski definition) is 3. The van der Waals surface area contributed by atoms with Crippen molar-refractivity contribution in [1.82, 2.24) is 0 Å². The zero-order valence-electron chi connectivity index (χ0n) is 9.87. The van der Waals surface area contributed by atoms with Crippen LogP contribution in [0.2, 0.25) is 0 Å². The molecule has 0 bridgehead atoms. The van der Waals surface area contributed by atoms with E-state index in [2.05, 4.69) is 0 Å². The highest BCUT2D eigenvalue weighted by Gasteiger charge is 2.14. The maximum atomic E-state index is 13.5. The molecule has 0 spiro atoms. The molecule has 0 aliphatic carbocycles. The molecule has 1 aromatic rings. The second-order valence-electron chi connectivity index (χ2n) is 3.80. The largest absolute Gasteiger partial charge is 0.494 e. The van der Waals surface area contributed by atoms with Crippen molar-refractivity contribution in [3.05, 3.63) is 29.6 Å². The maximum Gasteiger partial charge on any atom is 0.165 e. The molecule has 1 aromatic carbocycles. The van der Waals surface area contributed by atoms with Crippen molar-refractivity contribution >= 4 is 0 Å². The Bertz CT molecular complexity index is 342. The highest BCUT2D eigenvalue weighted by atomic mass is 19.1. The maximum absolute atomic E-state index is 13.5. The van der Waals surface area contributed by atoms with Crippen molar-refractivity contribution in [1.29, 1.82) is 0 Å². The molecule has 0 amide bonds. The Morgan fingerprint density at radius 1 is 1.38 bits per heavy atom. The first-order chi connectivity index (χ1) is 7.58. The topological polar surface area (TPSA) is 44.5 Å². The minimum absolute atomic E-state index is 0.0544. The first-order valence-corrected chi connectivity index (χ1v) is 5.27. The Morgan fingerprint density at radius 2 is 2.06 bits per heavy atom. The smallest absolute Gasteiger partial charge is 0.165 e. The highest BCUT2D eigenvalue weighted by Crippen LogP contribution is 2.24. The number of nitrogens with two attached hydrogens (primary N) is 1. The van der Waals surface area contributed by atoms with Crippen LogP contribution in [0.15, 0.2) is 18.2 Å². The Kier molecular flexibility index (Phi) is 4.71. The fourth-order valence-electron chi connectivity index (χ4n) is 1.48. The molecule has 1 rings (SSSR count). The lowest BCUT2D eigenvalue weighted by Crippen LogP contribution is -2.19. The standard InChI is InChI=1S/C12H18FNO2/c1-8(2)16-12(7-14)9-4-5-11(15-3)10(13)6-9/h4-6,8,12H,7,14H2,1-3H3/t12-/m0/s1. The van der Waals surface area contributed by atoms with Gasteiger partial charge in [-0.05, 0) is 31.5 Å². The Hall–Kier alpha value is -1.13. The minimum Gasteiger partial charge on any atom is -0.494 e. The second-order valence-corrected chi connectivity index (χ2v) is 3.80. The zero-order valence-corrected chi connectivity index (χ0v) is 9.87. The Labute approximate surface area is 95.4 Å². The summed E-state index contributed by atoms with van der Waals surface area (Å²) in [6.45, 7) is 4.16. The van der Waals surface area contributed by atoms with Gasteiger partial charge in [0.1, 0.15) is 0 Å². The highest BCUT2D eigenvalue weighted by molar-refractivity contribution is 5.30. The van der Waals surface area contributed by atoms with E-state index in [0.717, 1.165) is 5.56 Å². The molecule has 0 aromatic heterocycles. The lowest BCUT2D eigenvalue weighted by Gasteiger charge is -2.19. The molecule has 0 aliphatic rings. The van der Waals surface area contributed by atoms with E-state index in [9.17, 15) is 4.39 Å². The fraction of sp³-hybridized carbons (Fsp3) is 0.500. The number of rotatable bonds is 5. The molecule has 16 heavy (non-hydrogen) atoms. The van der Waals surface area contributed by atoms with Gasteiger partial charge in [0.25, 0.3) is 0 Å². The van der Waals surface area contributed by atoms with Gasteiger partial charge in [0.05, 0.1) is 19.3 Å². The van der Waals surface area contributed by atoms with E-state index in [-0.39, 0.29) is 18.0 Å². The molecule has 0 radical (unpaired) electrons. The van der Waals surface area contributed by atoms with Crippen LogP contribution in [0.3, 0.4) is 0 Å². The van der Waals surface area contributed by atoms with Gasteiger partial charge in [-0.1, -0.05) is 6.07 Å². The molecule has 0 fully saturated rings. The normalized spacial score (nSPS) is 12.9. The number of methoxy groups -OCH3 is 1. The molecule has 0 heterocycles. The van der Waals surface area contributed by atoms with Crippen LogP contribution >= 0.6 is 0 Å².